The quantitative estimate of drug-likeness (QED) is 0.824. The van der Waals surface area contributed by atoms with E-state index < -0.39 is 0 Å². The summed E-state index contributed by atoms with van der Waals surface area (Å²) in [5.74, 6) is -0.312. The fourth-order valence-corrected chi connectivity index (χ4v) is 3.05. The summed E-state index contributed by atoms with van der Waals surface area (Å²) in [6.07, 6.45) is 3.69. The van der Waals surface area contributed by atoms with E-state index in [2.05, 4.69) is 5.32 Å². The van der Waals surface area contributed by atoms with Crippen molar-refractivity contribution in [1.82, 2.24) is 5.32 Å². The van der Waals surface area contributed by atoms with Crippen molar-refractivity contribution in [3.8, 4) is 0 Å². The highest BCUT2D eigenvalue weighted by molar-refractivity contribution is 6.46. The molecule has 1 fully saturated rings. The van der Waals surface area contributed by atoms with Gasteiger partial charge in [0.05, 0.1) is 0 Å². The van der Waals surface area contributed by atoms with Crippen LogP contribution in [-0.2, 0) is 9.59 Å². The number of hydrogen-bond donors (Lipinski definition) is 1. The molecule has 1 N–H and O–H groups in total. The van der Waals surface area contributed by atoms with Crippen molar-refractivity contribution in [2.24, 2.45) is 11.8 Å². The monoisotopic (exact) mass is 255 g/mol. The van der Waals surface area contributed by atoms with Crippen LogP contribution in [0.5, 0.6) is 0 Å². The number of ketones is 2. The van der Waals surface area contributed by atoms with Gasteiger partial charge in [-0.05, 0) is 26.7 Å². The van der Waals surface area contributed by atoms with Crippen LogP contribution in [0.25, 0.3) is 0 Å². The average Bonchev–Trinajstić information content (AvgIpc) is 2.31. The maximum absolute atomic E-state index is 12.3. The summed E-state index contributed by atoms with van der Waals surface area (Å²) >= 11 is 6.04. The summed E-state index contributed by atoms with van der Waals surface area (Å²) in [7, 11) is 0. The van der Waals surface area contributed by atoms with Gasteiger partial charge in [-0.15, -0.1) is 0 Å². The lowest BCUT2D eigenvalue weighted by Gasteiger charge is -2.34. The Kier molecular flexibility index (Phi) is 3.57. The molecule has 4 heteroatoms. The van der Waals surface area contributed by atoms with Crippen LogP contribution >= 0.6 is 11.6 Å². The predicted octanol–water partition coefficient (Wildman–Crippen LogP) is 2.39. The molecule has 0 saturated heterocycles. The minimum absolute atomic E-state index is 0.0352. The molecular weight excluding hydrogens is 238 g/mol. The highest BCUT2D eigenvalue weighted by atomic mass is 35.5. The third kappa shape index (κ3) is 2.25. The standard InChI is InChI=1S/C13H18ClNO2/c1-7(2)15-11-10(14)12(16)8-5-3-4-6-9(8)13(11)17/h7-9,15H,3-6H2,1-2H3. The fourth-order valence-electron chi connectivity index (χ4n) is 2.76. The second kappa shape index (κ2) is 4.81. The summed E-state index contributed by atoms with van der Waals surface area (Å²) in [5, 5.41) is 3.14. The van der Waals surface area contributed by atoms with E-state index in [0.29, 0.717) is 5.70 Å². The zero-order valence-electron chi connectivity index (χ0n) is 10.3. The molecule has 2 aliphatic rings. The fraction of sp³-hybridized carbons (Fsp3) is 0.692. The van der Waals surface area contributed by atoms with Gasteiger partial charge in [-0.1, -0.05) is 24.4 Å². The molecule has 94 valence electrons. The SMILES string of the molecule is CC(C)NC1=C(Cl)C(=O)C2CCCCC2C1=O. The van der Waals surface area contributed by atoms with Crippen LogP contribution in [0, 0.1) is 11.8 Å². The predicted molar refractivity (Wildman–Crippen MR) is 66.6 cm³/mol. The van der Waals surface area contributed by atoms with Crippen molar-refractivity contribution in [2.75, 3.05) is 0 Å². The van der Waals surface area contributed by atoms with E-state index in [-0.39, 0.29) is 34.5 Å². The van der Waals surface area contributed by atoms with E-state index in [1.807, 2.05) is 13.8 Å². The Hall–Kier alpha value is -0.830. The normalized spacial score (nSPS) is 29.6. The number of rotatable bonds is 2. The molecule has 0 radical (unpaired) electrons. The van der Waals surface area contributed by atoms with Crippen LogP contribution in [0.1, 0.15) is 39.5 Å². The molecule has 0 aromatic carbocycles. The Morgan fingerprint density at radius 1 is 1.12 bits per heavy atom. The zero-order chi connectivity index (χ0) is 12.6. The first-order chi connectivity index (χ1) is 8.02. The molecule has 0 spiro atoms. The number of hydrogen-bond acceptors (Lipinski definition) is 3. The summed E-state index contributed by atoms with van der Waals surface area (Å²) in [6.45, 7) is 3.86. The van der Waals surface area contributed by atoms with E-state index in [9.17, 15) is 9.59 Å². The lowest BCUT2D eigenvalue weighted by Crippen LogP contribution is -2.43. The molecule has 1 saturated carbocycles. The van der Waals surface area contributed by atoms with Crippen LogP contribution in [0.15, 0.2) is 10.7 Å². The maximum atomic E-state index is 12.3. The number of carbonyl (C=O) groups is 2. The molecule has 0 bridgehead atoms. The van der Waals surface area contributed by atoms with Crippen molar-refractivity contribution in [2.45, 2.75) is 45.6 Å². The Morgan fingerprint density at radius 3 is 2.18 bits per heavy atom. The van der Waals surface area contributed by atoms with Crippen LogP contribution in [0.2, 0.25) is 0 Å². The molecule has 0 aromatic heterocycles. The lowest BCUT2D eigenvalue weighted by atomic mass is 9.71. The number of nitrogens with one attached hydrogen (secondary N) is 1. The second-order valence-electron chi connectivity index (χ2n) is 5.21. The van der Waals surface area contributed by atoms with Gasteiger partial charge in [0.2, 0.25) is 0 Å². The van der Waals surface area contributed by atoms with Gasteiger partial charge in [0.25, 0.3) is 0 Å². The van der Waals surface area contributed by atoms with E-state index in [4.69, 9.17) is 11.6 Å². The minimum Gasteiger partial charge on any atom is -0.379 e. The first-order valence-electron chi connectivity index (χ1n) is 6.27. The van der Waals surface area contributed by atoms with Gasteiger partial charge in [-0.25, -0.2) is 0 Å². The van der Waals surface area contributed by atoms with E-state index in [0.717, 1.165) is 25.7 Å². The van der Waals surface area contributed by atoms with E-state index in [1.165, 1.54) is 0 Å². The molecule has 2 rings (SSSR count). The van der Waals surface area contributed by atoms with Crippen molar-refractivity contribution in [3.63, 3.8) is 0 Å². The summed E-state index contributed by atoms with van der Waals surface area (Å²) in [6, 6.07) is 0.107. The van der Waals surface area contributed by atoms with Crippen LogP contribution in [0.4, 0.5) is 0 Å². The van der Waals surface area contributed by atoms with Gasteiger partial charge in [-0.3, -0.25) is 9.59 Å². The summed E-state index contributed by atoms with van der Waals surface area (Å²) < 4.78 is 0. The van der Waals surface area contributed by atoms with Gasteiger partial charge < -0.3 is 5.32 Å². The van der Waals surface area contributed by atoms with Gasteiger partial charge >= 0.3 is 0 Å². The first kappa shape index (κ1) is 12.6. The van der Waals surface area contributed by atoms with Crippen molar-refractivity contribution >= 4 is 23.2 Å². The number of carbonyl (C=O) groups excluding carboxylic acids is 2. The smallest absolute Gasteiger partial charge is 0.184 e. The molecule has 0 aromatic rings. The van der Waals surface area contributed by atoms with Crippen LogP contribution < -0.4 is 5.32 Å². The minimum atomic E-state index is -0.165. The van der Waals surface area contributed by atoms with E-state index in [1.54, 1.807) is 0 Å². The largest absolute Gasteiger partial charge is 0.379 e. The third-order valence-electron chi connectivity index (χ3n) is 3.55. The first-order valence-corrected chi connectivity index (χ1v) is 6.65. The van der Waals surface area contributed by atoms with Crippen molar-refractivity contribution in [3.05, 3.63) is 10.7 Å². The van der Waals surface area contributed by atoms with Gasteiger partial charge in [-0.2, -0.15) is 0 Å². The van der Waals surface area contributed by atoms with Gasteiger partial charge in [0.1, 0.15) is 10.7 Å². The molecule has 2 aliphatic carbocycles. The number of halogens is 1. The molecule has 3 nitrogen and oxygen atoms in total. The Labute approximate surface area is 107 Å². The molecule has 0 amide bonds. The van der Waals surface area contributed by atoms with Crippen LogP contribution in [-0.4, -0.2) is 17.6 Å². The van der Waals surface area contributed by atoms with Crippen molar-refractivity contribution in [1.29, 1.82) is 0 Å². The second-order valence-corrected chi connectivity index (χ2v) is 5.59. The number of Topliss-reactive ketones (excluding diaryl/α,β-unsaturated/α-hetero) is 2. The molecule has 2 unspecified atom stereocenters. The zero-order valence-corrected chi connectivity index (χ0v) is 11.0. The molecule has 0 aliphatic heterocycles. The molecular formula is C13H18ClNO2. The summed E-state index contributed by atoms with van der Waals surface area (Å²) in [5.41, 5.74) is 0.342. The van der Waals surface area contributed by atoms with Crippen molar-refractivity contribution < 1.29 is 9.59 Å². The third-order valence-corrected chi connectivity index (χ3v) is 3.93. The summed E-state index contributed by atoms with van der Waals surface area (Å²) in [4.78, 5) is 24.4. The highest BCUT2D eigenvalue weighted by Crippen LogP contribution is 2.39. The molecule has 17 heavy (non-hydrogen) atoms. The maximum Gasteiger partial charge on any atom is 0.184 e. The highest BCUT2D eigenvalue weighted by Gasteiger charge is 2.43. The average molecular weight is 256 g/mol. The topological polar surface area (TPSA) is 46.2 Å². The molecule has 0 heterocycles. The lowest BCUT2D eigenvalue weighted by molar-refractivity contribution is -0.132. The number of fused-ring (bicyclic) bond motifs is 1. The van der Waals surface area contributed by atoms with E-state index >= 15 is 0 Å². The molecule has 2 atom stereocenters. The van der Waals surface area contributed by atoms with Crippen LogP contribution in [0.3, 0.4) is 0 Å². The van der Waals surface area contributed by atoms with Gasteiger partial charge in [0, 0.05) is 17.9 Å². The van der Waals surface area contributed by atoms with Gasteiger partial charge in [0.15, 0.2) is 11.6 Å². The Balaban J connectivity index is 2.33. The Bertz CT molecular complexity index is 387. The number of allylic oxidation sites excluding steroid dienone is 2. The Morgan fingerprint density at radius 2 is 1.65 bits per heavy atom.